The second-order valence-corrected chi connectivity index (χ2v) is 17.1. The fraction of sp³-hybridized carbons (Fsp3) is 0.625. The van der Waals surface area contributed by atoms with Gasteiger partial charge in [0.15, 0.2) is 17.3 Å². The number of likely N-dealkylation sites (N-methyl/N-ethyl adjacent to an activating group) is 1. The summed E-state index contributed by atoms with van der Waals surface area (Å²) < 4.78 is 4.77. The lowest BCUT2D eigenvalue weighted by atomic mass is 9.85. The van der Waals surface area contributed by atoms with Crippen molar-refractivity contribution in [1.82, 2.24) is 15.1 Å². The molecule has 2 aromatic carbocycles. The number of rotatable bonds is 26. The maximum absolute atomic E-state index is 14.2. The molecule has 0 aliphatic rings. The van der Waals surface area contributed by atoms with Crippen molar-refractivity contribution in [3.8, 4) is 0 Å². The van der Waals surface area contributed by atoms with Crippen molar-refractivity contribution < 1.29 is 38.6 Å². The number of ether oxygens (including phenoxy) is 1. The topological polar surface area (TPSA) is 150 Å². The summed E-state index contributed by atoms with van der Waals surface area (Å²) in [6, 6.07) is 15.2. The highest BCUT2D eigenvalue weighted by molar-refractivity contribution is 6.00. The third kappa shape index (κ3) is 17.5. The van der Waals surface area contributed by atoms with Crippen LogP contribution >= 0.6 is 0 Å². The molecular weight excluding hydrogens is 747 g/mol. The van der Waals surface area contributed by atoms with Crippen LogP contribution in [0.25, 0.3) is 0 Å². The van der Waals surface area contributed by atoms with Crippen LogP contribution < -0.4 is 5.32 Å². The van der Waals surface area contributed by atoms with Gasteiger partial charge < -0.3 is 25.0 Å². The molecule has 0 saturated carbocycles. The molecule has 2 amide bonds. The molecule has 0 aromatic heterocycles. The Labute approximate surface area is 355 Å². The maximum Gasteiger partial charge on any atom is 0.311 e. The van der Waals surface area contributed by atoms with Gasteiger partial charge in [0.2, 0.25) is 11.8 Å². The Hall–Kier alpha value is -4.22. The first kappa shape index (κ1) is 52.8. The number of Topliss-reactive ketones (excluding diaryl/α,β-unsaturated/α-hetero) is 3. The number of esters is 1. The molecule has 2 rings (SSSR count). The summed E-state index contributed by atoms with van der Waals surface area (Å²) in [5.41, 5.74) is 2.44. The third-order valence-corrected chi connectivity index (χ3v) is 11.2. The van der Waals surface area contributed by atoms with E-state index < -0.39 is 54.1 Å². The van der Waals surface area contributed by atoms with Gasteiger partial charge in [-0.05, 0) is 81.1 Å². The van der Waals surface area contributed by atoms with Crippen molar-refractivity contribution in [3.05, 3.63) is 71.3 Å². The number of nitrogens with one attached hydrogen (secondary N) is 1. The highest BCUT2D eigenvalue weighted by atomic mass is 16.5. The lowest BCUT2D eigenvalue weighted by Crippen LogP contribution is -2.47. The smallest absolute Gasteiger partial charge is 0.311 e. The minimum absolute atomic E-state index is 0. The molecule has 0 bridgehead atoms. The lowest BCUT2D eigenvalue weighted by Gasteiger charge is -2.30. The summed E-state index contributed by atoms with van der Waals surface area (Å²) in [7, 11) is 2.76. The van der Waals surface area contributed by atoms with E-state index in [0.29, 0.717) is 31.2 Å². The Balaban J connectivity index is 0.0000174. The molecule has 0 aliphatic heterocycles. The summed E-state index contributed by atoms with van der Waals surface area (Å²) in [6.07, 6.45) is 1.97. The van der Waals surface area contributed by atoms with Gasteiger partial charge in [-0.3, -0.25) is 28.8 Å². The first-order valence-electron chi connectivity index (χ1n) is 21.1. The van der Waals surface area contributed by atoms with E-state index in [1.165, 1.54) is 12.0 Å². The summed E-state index contributed by atoms with van der Waals surface area (Å²) >= 11 is 0. The average Bonchev–Trinajstić information content (AvgIpc) is 3.20. The summed E-state index contributed by atoms with van der Waals surface area (Å²) in [5.74, 6) is -4.88. The van der Waals surface area contributed by atoms with Gasteiger partial charge in [0.25, 0.3) is 0 Å². The number of methoxy groups -OCH3 is 1. The van der Waals surface area contributed by atoms with E-state index in [1.54, 1.807) is 26.1 Å². The van der Waals surface area contributed by atoms with Crippen molar-refractivity contribution in [1.29, 1.82) is 0 Å². The first-order valence-corrected chi connectivity index (χ1v) is 21.1. The van der Waals surface area contributed by atoms with E-state index in [1.807, 2.05) is 56.3 Å². The molecular formula is C48H75N3O8. The third-order valence-electron chi connectivity index (χ3n) is 11.2. The molecule has 59 heavy (non-hydrogen) atoms. The minimum atomic E-state index is -1.05. The number of nitrogens with zero attached hydrogens (tertiary/aromatic N) is 2. The van der Waals surface area contributed by atoms with E-state index in [9.17, 15) is 33.9 Å². The molecule has 0 unspecified atom stereocenters. The predicted octanol–water partition coefficient (Wildman–Crippen LogP) is 7.26. The van der Waals surface area contributed by atoms with Gasteiger partial charge in [0.1, 0.15) is 0 Å². The van der Waals surface area contributed by atoms with Crippen molar-refractivity contribution in [2.75, 3.05) is 40.4 Å². The van der Waals surface area contributed by atoms with Crippen LogP contribution in [0, 0.1) is 23.7 Å². The Morgan fingerprint density at radius 3 is 1.92 bits per heavy atom. The zero-order valence-electron chi connectivity index (χ0n) is 36.8. The van der Waals surface area contributed by atoms with Crippen LogP contribution in [0.15, 0.2) is 54.6 Å². The van der Waals surface area contributed by atoms with E-state index >= 15 is 0 Å². The number of carbonyl (C=O) groups is 6. The lowest BCUT2D eigenvalue weighted by molar-refractivity contribution is -0.149. The van der Waals surface area contributed by atoms with Crippen molar-refractivity contribution in [2.45, 2.75) is 132 Å². The second-order valence-electron chi connectivity index (χ2n) is 17.1. The number of ketones is 3. The first-order chi connectivity index (χ1) is 27.4. The molecule has 5 atom stereocenters. The number of carbonyl (C=O) groups excluding carboxylic acids is 6. The van der Waals surface area contributed by atoms with Gasteiger partial charge in [-0.2, -0.15) is 0 Å². The molecule has 0 aliphatic carbocycles. The Kier molecular flexibility index (Phi) is 23.3. The quantitative estimate of drug-likeness (QED) is 0.0568. The Morgan fingerprint density at radius 1 is 0.797 bits per heavy atom. The van der Waals surface area contributed by atoms with Crippen molar-refractivity contribution in [2.24, 2.45) is 23.7 Å². The highest BCUT2D eigenvalue weighted by Crippen LogP contribution is 2.25. The maximum atomic E-state index is 14.2. The monoisotopic (exact) mass is 822 g/mol. The number of hydrogen-bond donors (Lipinski definition) is 2. The minimum Gasteiger partial charge on any atom is -0.469 e. The van der Waals surface area contributed by atoms with E-state index in [-0.39, 0.29) is 55.5 Å². The molecule has 0 saturated heterocycles. The normalized spacial score (nSPS) is 14.1. The van der Waals surface area contributed by atoms with Crippen LogP contribution in [-0.2, 0) is 40.5 Å². The molecule has 0 spiro atoms. The molecule has 0 heterocycles. The fourth-order valence-corrected chi connectivity index (χ4v) is 7.20. The van der Waals surface area contributed by atoms with Crippen LogP contribution in [-0.4, -0.2) is 103 Å². The summed E-state index contributed by atoms with van der Waals surface area (Å²) in [6.45, 7) is 18.1. The summed E-state index contributed by atoms with van der Waals surface area (Å²) in [5, 5.41) is 12.7. The van der Waals surface area contributed by atoms with Gasteiger partial charge in [0, 0.05) is 43.7 Å². The van der Waals surface area contributed by atoms with Gasteiger partial charge in [-0.1, -0.05) is 110 Å². The number of amides is 2. The zero-order valence-corrected chi connectivity index (χ0v) is 36.8. The zero-order chi connectivity index (χ0) is 43.6. The predicted molar refractivity (Wildman–Crippen MR) is 235 cm³/mol. The van der Waals surface area contributed by atoms with Gasteiger partial charge in [-0.15, -0.1) is 0 Å². The largest absolute Gasteiger partial charge is 0.469 e. The Morgan fingerprint density at radius 2 is 1.39 bits per heavy atom. The Bertz CT molecular complexity index is 1610. The van der Waals surface area contributed by atoms with Crippen LogP contribution in [0.2, 0.25) is 0 Å². The van der Waals surface area contributed by atoms with Crippen molar-refractivity contribution >= 4 is 35.1 Å². The molecule has 0 fully saturated rings. The van der Waals surface area contributed by atoms with Gasteiger partial charge >= 0.3 is 5.97 Å². The molecule has 2 N–H and O–H groups in total. The highest BCUT2D eigenvalue weighted by Gasteiger charge is 2.34. The number of hydrogen-bond acceptors (Lipinski definition) is 9. The standard InChI is InChI=1S/C47H71N3O8.CH4/c1-11-50(12-2)25-17-16-20-40(43(54)30-38(31-51)46(57)58-10)48-44(55)36(26-32(3)4)28-41(52)33(5)49(9)45(56)37(27-34-18-14-13-15-19-34)29-42(53)35-21-23-39(24-22-35)47(6,7)8;/h13-15,18-19,21-24,32-33,36-38,40,51H,11-12,16-17,20,25-31H2,1-10H3,(H,48,55);1H4/t33-,36+,37+,38-,40-;/m0./s1. The number of aliphatic hydroxyl groups is 1. The molecule has 330 valence electrons. The van der Waals surface area contributed by atoms with Crippen LogP contribution in [0.1, 0.15) is 129 Å². The molecule has 11 heteroatoms. The number of aliphatic hydroxyl groups excluding tert-OH is 1. The number of benzene rings is 2. The SMILES string of the molecule is C.CCN(CC)CCCC[C@H](NC(=O)[C@@H](CC(=O)[C@H](C)N(C)C(=O)[C@@H](CC(=O)c1ccc(C(C)(C)C)cc1)Cc1ccccc1)CC(C)C)C(=O)C[C@@H](CO)C(=O)OC. The number of unbranched alkanes of at least 4 members (excludes halogenated alkanes) is 1. The average molecular weight is 822 g/mol. The van der Waals surface area contributed by atoms with E-state index in [0.717, 1.165) is 37.2 Å². The van der Waals surface area contributed by atoms with E-state index in [2.05, 4.69) is 44.8 Å². The molecule has 0 radical (unpaired) electrons. The van der Waals surface area contributed by atoms with Crippen LogP contribution in [0.4, 0.5) is 0 Å². The fourth-order valence-electron chi connectivity index (χ4n) is 7.20. The van der Waals surface area contributed by atoms with Gasteiger partial charge in [0.05, 0.1) is 31.7 Å². The van der Waals surface area contributed by atoms with Crippen molar-refractivity contribution in [3.63, 3.8) is 0 Å². The summed E-state index contributed by atoms with van der Waals surface area (Å²) in [4.78, 5) is 85.3. The van der Waals surface area contributed by atoms with Crippen LogP contribution in [0.5, 0.6) is 0 Å². The van der Waals surface area contributed by atoms with Gasteiger partial charge in [-0.25, -0.2) is 0 Å². The molecule has 11 nitrogen and oxygen atoms in total. The molecule has 2 aromatic rings. The van der Waals surface area contributed by atoms with E-state index in [4.69, 9.17) is 4.74 Å². The second kappa shape index (κ2) is 26.1. The van der Waals surface area contributed by atoms with Crippen LogP contribution in [0.3, 0.4) is 0 Å².